The molecule has 3 rings (SSSR count). The fourth-order valence-corrected chi connectivity index (χ4v) is 3.29. The molecule has 0 aromatic heterocycles. The number of hydrogen-bond donors (Lipinski definition) is 0. The van der Waals surface area contributed by atoms with Gasteiger partial charge in [0.15, 0.2) is 11.5 Å². The first-order valence-electron chi connectivity index (χ1n) is 8.29. The minimum absolute atomic E-state index is 0.149. The average molecular weight is 381 g/mol. The maximum atomic E-state index is 12.2. The minimum Gasteiger partial charge on any atom is -0.493 e. The Morgan fingerprint density at radius 2 is 1.56 bits per heavy atom. The maximum absolute atomic E-state index is 12.2. The number of nitrogens with zero attached hydrogens (tertiary/aromatic N) is 1. The number of methoxy groups -OCH3 is 1. The molecule has 3 aromatic carbocycles. The monoisotopic (exact) mass is 381 g/mol. The van der Waals surface area contributed by atoms with E-state index in [1.807, 2.05) is 30.3 Å². The summed E-state index contributed by atoms with van der Waals surface area (Å²) in [6.07, 6.45) is 1.30. The van der Waals surface area contributed by atoms with Gasteiger partial charge in [0, 0.05) is 6.21 Å². The van der Waals surface area contributed by atoms with Gasteiger partial charge in [-0.05, 0) is 41.5 Å². The summed E-state index contributed by atoms with van der Waals surface area (Å²) in [6.45, 7) is 0.410. The zero-order valence-electron chi connectivity index (χ0n) is 14.8. The number of rotatable bonds is 7. The van der Waals surface area contributed by atoms with Crippen LogP contribution in [0.1, 0.15) is 11.1 Å². The molecule has 3 aromatic rings. The van der Waals surface area contributed by atoms with Crippen LogP contribution < -0.4 is 9.47 Å². The van der Waals surface area contributed by atoms with Crippen molar-refractivity contribution in [3.8, 4) is 11.5 Å². The first kappa shape index (κ1) is 18.7. The van der Waals surface area contributed by atoms with Crippen LogP contribution >= 0.6 is 0 Å². The second kappa shape index (κ2) is 8.51. The van der Waals surface area contributed by atoms with E-state index < -0.39 is 10.0 Å². The zero-order chi connectivity index (χ0) is 19.1. The third-order valence-electron chi connectivity index (χ3n) is 3.81. The summed E-state index contributed by atoms with van der Waals surface area (Å²) in [7, 11) is -2.20. The van der Waals surface area contributed by atoms with Crippen molar-refractivity contribution in [1.82, 2.24) is 0 Å². The Morgan fingerprint density at radius 3 is 2.22 bits per heavy atom. The summed E-state index contributed by atoms with van der Waals surface area (Å²) in [4.78, 5) is 0.149. The van der Waals surface area contributed by atoms with E-state index in [0.29, 0.717) is 23.7 Å². The molecule has 0 amide bonds. The van der Waals surface area contributed by atoms with Crippen molar-refractivity contribution in [2.75, 3.05) is 7.11 Å². The fourth-order valence-electron chi connectivity index (χ4n) is 2.40. The molecule has 0 N–H and O–H groups in total. The molecule has 0 fully saturated rings. The summed E-state index contributed by atoms with van der Waals surface area (Å²) < 4.78 is 39.4. The van der Waals surface area contributed by atoms with E-state index in [-0.39, 0.29) is 4.90 Å². The Hall–Kier alpha value is -3.12. The largest absolute Gasteiger partial charge is 0.493 e. The lowest BCUT2D eigenvalue weighted by molar-refractivity contribution is 0.284. The summed E-state index contributed by atoms with van der Waals surface area (Å²) in [6, 6.07) is 23.0. The van der Waals surface area contributed by atoms with Crippen molar-refractivity contribution in [3.05, 3.63) is 90.0 Å². The van der Waals surface area contributed by atoms with Crippen molar-refractivity contribution in [2.24, 2.45) is 4.40 Å². The molecule has 6 heteroatoms. The molecule has 0 saturated carbocycles. The topological polar surface area (TPSA) is 65.0 Å². The van der Waals surface area contributed by atoms with Gasteiger partial charge in [0.2, 0.25) is 0 Å². The van der Waals surface area contributed by atoms with E-state index in [1.165, 1.54) is 25.5 Å². The molecule has 0 bridgehead atoms. The van der Waals surface area contributed by atoms with Gasteiger partial charge in [-0.15, -0.1) is 0 Å². The zero-order valence-corrected chi connectivity index (χ0v) is 15.6. The van der Waals surface area contributed by atoms with Gasteiger partial charge in [-0.3, -0.25) is 0 Å². The van der Waals surface area contributed by atoms with Crippen molar-refractivity contribution < 1.29 is 17.9 Å². The van der Waals surface area contributed by atoms with Crippen molar-refractivity contribution >= 4 is 16.2 Å². The van der Waals surface area contributed by atoms with Crippen LogP contribution in [0, 0.1) is 0 Å². The standard InChI is InChI=1S/C21H19NO4S/c1-25-21-14-18(15-22-27(23,24)19-10-6-3-7-11-19)12-13-20(21)26-16-17-8-4-2-5-9-17/h2-15H,16H2,1H3/b22-15-. The summed E-state index contributed by atoms with van der Waals surface area (Å²) >= 11 is 0. The van der Waals surface area contributed by atoms with Crippen LogP contribution in [0.15, 0.2) is 88.2 Å². The second-order valence-corrected chi connectivity index (χ2v) is 7.34. The van der Waals surface area contributed by atoms with Crippen LogP contribution in [0.4, 0.5) is 0 Å². The first-order chi connectivity index (χ1) is 13.1. The lowest BCUT2D eigenvalue weighted by atomic mass is 10.2. The van der Waals surface area contributed by atoms with E-state index in [9.17, 15) is 8.42 Å². The summed E-state index contributed by atoms with van der Waals surface area (Å²) in [5, 5.41) is 0. The Labute approximate surface area is 159 Å². The molecular formula is C21H19NO4S. The van der Waals surface area contributed by atoms with Gasteiger partial charge in [0.25, 0.3) is 10.0 Å². The molecule has 0 saturated heterocycles. The van der Waals surface area contributed by atoms with Gasteiger partial charge in [-0.1, -0.05) is 48.5 Å². The highest BCUT2D eigenvalue weighted by Crippen LogP contribution is 2.28. The number of ether oxygens (including phenoxy) is 2. The molecule has 0 aliphatic carbocycles. The first-order valence-corrected chi connectivity index (χ1v) is 9.73. The van der Waals surface area contributed by atoms with E-state index in [0.717, 1.165) is 5.56 Å². The minimum atomic E-state index is -3.74. The van der Waals surface area contributed by atoms with Gasteiger partial charge in [0.05, 0.1) is 12.0 Å². The Balaban J connectivity index is 1.76. The molecule has 0 unspecified atom stereocenters. The van der Waals surface area contributed by atoms with E-state index in [1.54, 1.807) is 36.4 Å². The predicted molar refractivity (Wildman–Crippen MR) is 105 cm³/mol. The Morgan fingerprint density at radius 1 is 0.889 bits per heavy atom. The van der Waals surface area contributed by atoms with Crippen LogP contribution in [-0.4, -0.2) is 21.7 Å². The number of sulfonamides is 1. The molecule has 138 valence electrons. The summed E-state index contributed by atoms with van der Waals surface area (Å²) in [5.41, 5.74) is 1.64. The smallest absolute Gasteiger partial charge is 0.282 e. The second-order valence-electron chi connectivity index (χ2n) is 5.71. The van der Waals surface area contributed by atoms with E-state index in [2.05, 4.69) is 4.40 Å². The normalized spacial score (nSPS) is 11.4. The number of hydrogen-bond acceptors (Lipinski definition) is 4. The summed E-state index contributed by atoms with van der Waals surface area (Å²) in [5.74, 6) is 1.08. The molecule has 27 heavy (non-hydrogen) atoms. The van der Waals surface area contributed by atoms with Crippen molar-refractivity contribution in [1.29, 1.82) is 0 Å². The molecule has 0 radical (unpaired) electrons. The molecular weight excluding hydrogens is 362 g/mol. The van der Waals surface area contributed by atoms with Gasteiger partial charge in [-0.25, -0.2) is 0 Å². The SMILES string of the molecule is COc1cc(/C=N\S(=O)(=O)c2ccccc2)ccc1OCc1ccccc1. The van der Waals surface area contributed by atoms with Gasteiger partial charge in [0.1, 0.15) is 6.61 Å². The fraction of sp³-hybridized carbons (Fsp3) is 0.0952. The molecule has 0 aliphatic rings. The van der Waals surface area contributed by atoms with E-state index in [4.69, 9.17) is 9.47 Å². The molecule has 0 aliphatic heterocycles. The maximum Gasteiger partial charge on any atom is 0.282 e. The van der Waals surface area contributed by atoms with Crippen molar-refractivity contribution in [2.45, 2.75) is 11.5 Å². The van der Waals surface area contributed by atoms with Crippen LogP contribution in [0.2, 0.25) is 0 Å². The third kappa shape index (κ3) is 4.95. The van der Waals surface area contributed by atoms with E-state index >= 15 is 0 Å². The van der Waals surface area contributed by atoms with Gasteiger partial charge >= 0.3 is 0 Å². The van der Waals surface area contributed by atoms with Crippen LogP contribution in [0.25, 0.3) is 0 Å². The Bertz CT molecular complexity index is 1020. The van der Waals surface area contributed by atoms with Gasteiger partial charge < -0.3 is 9.47 Å². The highest BCUT2D eigenvalue weighted by atomic mass is 32.2. The van der Waals surface area contributed by atoms with Crippen LogP contribution in [0.3, 0.4) is 0 Å². The lowest BCUT2D eigenvalue weighted by Crippen LogP contribution is -1.99. The molecule has 0 heterocycles. The number of benzene rings is 3. The molecule has 5 nitrogen and oxygen atoms in total. The van der Waals surface area contributed by atoms with Crippen LogP contribution in [-0.2, 0) is 16.6 Å². The predicted octanol–water partition coefficient (Wildman–Crippen LogP) is 4.08. The highest BCUT2D eigenvalue weighted by molar-refractivity contribution is 7.90. The molecule has 0 spiro atoms. The lowest BCUT2D eigenvalue weighted by Gasteiger charge is -2.11. The average Bonchev–Trinajstić information content (AvgIpc) is 2.72. The highest BCUT2D eigenvalue weighted by Gasteiger charge is 2.11. The van der Waals surface area contributed by atoms with Crippen LogP contribution in [0.5, 0.6) is 11.5 Å². The van der Waals surface area contributed by atoms with Crippen molar-refractivity contribution in [3.63, 3.8) is 0 Å². The Kier molecular flexibility index (Phi) is 5.88. The molecule has 0 atom stereocenters. The third-order valence-corrected chi connectivity index (χ3v) is 5.06. The quantitative estimate of drug-likeness (QED) is 0.579. The van der Waals surface area contributed by atoms with Gasteiger partial charge in [-0.2, -0.15) is 12.8 Å².